The van der Waals surface area contributed by atoms with Crippen LogP contribution in [0.4, 0.5) is 23.2 Å². The van der Waals surface area contributed by atoms with Gasteiger partial charge in [-0.25, -0.2) is 21.9 Å². The normalized spacial score (nSPS) is 12.9. The van der Waals surface area contributed by atoms with Gasteiger partial charge in [0.15, 0.2) is 0 Å². The summed E-state index contributed by atoms with van der Waals surface area (Å²) in [4.78, 5) is -0.623. The minimum atomic E-state index is -4.51. The van der Waals surface area contributed by atoms with Gasteiger partial charge in [0.2, 0.25) is 10.0 Å². The van der Waals surface area contributed by atoms with Gasteiger partial charge in [-0.05, 0) is 12.1 Å². The zero-order valence-electron chi connectivity index (χ0n) is 9.21. The SMILES string of the molecule is Nc1cccc(Cl)c1S(=O)(=O)NCC(F)(F)C(F)F. The van der Waals surface area contributed by atoms with Crippen molar-refractivity contribution in [1.82, 2.24) is 4.72 Å². The van der Waals surface area contributed by atoms with Crippen molar-refractivity contribution in [3.8, 4) is 0 Å². The largest absolute Gasteiger partial charge is 0.398 e. The molecule has 0 aliphatic carbocycles. The van der Waals surface area contributed by atoms with Crippen molar-refractivity contribution in [3.05, 3.63) is 23.2 Å². The van der Waals surface area contributed by atoms with Crippen molar-refractivity contribution in [2.75, 3.05) is 12.3 Å². The number of benzene rings is 1. The molecule has 1 aromatic rings. The summed E-state index contributed by atoms with van der Waals surface area (Å²) in [7, 11) is -4.51. The van der Waals surface area contributed by atoms with Crippen LogP contribution in [-0.4, -0.2) is 27.3 Å². The number of nitrogens with two attached hydrogens (primary N) is 1. The van der Waals surface area contributed by atoms with Crippen LogP contribution in [0.3, 0.4) is 0 Å². The Hall–Kier alpha value is -1.06. The number of nitrogen functional groups attached to an aromatic ring is 1. The molecule has 0 saturated carbocycles. The van der Waals surface area contributed by atoms with Crippen LogP contribution < -0.4 is 10.5 Å². The number of nitrogens with one attached hydrogen (secondary N) is 1. The summed E-state index contributed by atoms with van der Waals surface area (Å²) < 4.78 is 73.9. The number of hydrogen-bond acceptors (Lipinski definition) is 3. The van der Waals surface area contributed by atoms with Crippen LogP contribution >= 0.6 is 11.6 Å². The van der Waals surface area contributed by atoms with E-state index in [4.69, 9.17) is 17.3 Å². The van der Waals surface area contributed by atoms with Gasteiger partial charge in [-0.15, -0.1) is 0 Å². The van der Waals surface area contributed by atoms with Crippen molar-refractivity contribution in [2.45, 2.75) is 17.2 Å². The summed E-state index contributed by atoms with van der Waals surface area (Å²) in [5, 5.41) is -0.298. The third kappa shape index (κ3) is 3.71. The van der Waals surface area contributed by atoms with Crippen molar-refractivity contribution in [1.29, 1.82) is 0 Å². The third-order valence-electron chi connectivity index (χ3n) is 2.08. The van der Waals surface area contributed by atoms with Crippen molar-refractivity contribution >= 4 is 27.3 Å². The summed E-state index contributed by atoms with van der Waals surface area (Å²) in [5.74, 6) is -4.48. The van der Waals surface area contributed by atoms with E-state index in [1.54, 1.807) is 0 Å². The maximum absolute atomic E-state index is 12.7. The van der Waals surface area contributed by atoms with Gasteiger partial charge in [0, 0.05) is 0 Å². The number of hydrogen-bond donors (Lipinski definition) is 2. The molecule has 19 heavy (non-hydrogen) atoms. The van der Waals surface area contributed by atoms with E-state index in [0.29, 0.717) is 0 Å². The molecule has 0 aliphatic rings. The average Bonchev–Trinajstić information content (AvgIpc) is 2.26. The van der Waals surface area contributed by atoms with E-state index in [0.717, 1.165) is 0 Å². The molecule has 3 N–H and O–H groups in total. The van der Waals surface area contributed by atoms with E-state index in [1.807, 2.05) is 0 Å². The van der Waals surface area contributed by atoms with Gasteiger partial charge in [0.25, 0.3) is 0 Å². The predicted octanol–water partition coefficient (Wildman–Crippen LogP) is 2.10. The number of halogens is 5. The molecule has 0 atom stereocenters. The van der Waals surface area contributed by atoms with Gasteiger partial charge in [-0.3, -0.25) is 0 Å². The molecule has 0 amide bonds. The molecule has 0 fully saturated rings. The molecule has 0 aromatic heterocycles. The third-order valence-corrected chi connectivity index (χ3v) is 4.03. The fraction of sp³-hybridized carbons (Fsp3) is 0.333. The van der Waals surface area contributed by atoms with Crippen LogP contribution in [0.15, 0.2) is 23.1 Å². The second-order valence-electron chi connectivity index (χ2n) is 3.54. The Labute approximate surface area is 111 Å². The van der Waals surface area contributed by atoms with Crippen molar-refractivity contribution < 1.29 is 26.0 Å². The summed E-state index contributed by atoms with van der Waals surface area (Å²) in [6.45, 7) is -1.75. The van der Waals surface area contributed by atoms with Crippen LogP contribution in [0, 0.1) is 0 Å². The first-order chi connectivity index (χ1) is 8.58. The summed E-state index contributed by atoms with van der Waals surface area (Å²) in [6, 6.07) is 3.72. The van der Waals surface area contributed by atoms with Crippen molar-refractivity contribution in [2.24, 2.45) is 0 Å². The highest BCUT2D eigenvalue weighted by Gasteiger charge is 2.41. The highest BCUT2D eigenvalue weighted by Crippen LogP contribution is 2.28. The highest BCUT2D eigenvalue weighted by atomic mass is 35.5. The Morgan fingerprint density at radius 3 is 2.42 bits per heavy atom. The lowest BCUT2D eigenvalue weighted by Gasteiger charge is -2.16. The lowest BCUT2D eigenvalue weighted by atomic mass is 10.3. The monoisotopic (exact) mass is 320 g/mol. The molecule has 10 heteroatoms. The summed E-state index contributed by atoms with van der Waals surface area (Å²) in [5.41, 5.74) is 5.09. The van der Waals surface area contributed by atoms with E-state index in [2.05, 4.69) is 0 Å². The maximum Gasteiger partial charge on any atom is 0.320 e. The summed E-state index contributed by atoms with van der Waals surface area (Å²) in [6.07, 6.45) is -3.99. The van der Waals surface area contributed by atoms with Gasteiger partial charge in [-0.2, -0.15) is 8.78 Å². The first kappa shape index (κ1) is 16.0. The Morgan fingerprint density at radius 2 is 1.95 bits per heavy atom. The lowest BCUT2D eigenvalue weighted by molar-refractivity contribution is -0.122. The van der Waals surface area contributed by atoms with Gasteiger partial charge in [0.1, 0.15) is 4.90 Å². The van der Waals surface area contributed by atoms with Gasteiger partial charge in [-0.1, -0.05) is 17.7 Å². The van der Waals surface area contributed by atoms with Gasteiger partial charge in [0.05, 0.1) is 17.3 Å². The van der Waals surface area contributed by atoms with Crippen LogP contribution in [0.1, 0.15) is 0 Å². The minimum absolute atomic E-state index is 0.277. The van der Waals surface area contributed by atoms with Crippen LogP contribution in [0.25, 0.3) is 0 Å². The molecule has 4 nitrogen and oxygen atoms in total. The van der Waals surface area contributed by atoms with E-state index in [9.17, 15) is 26.0 Å². The minimum Gasteiger partial charge on any atom is -0.398 e. The standard InChI is InChI=1S/C9H9ClF4N2O2S/c10-5-2-1-3-6(15)7(5)19(17,18)16-4-9(13,14)8(11)12/h1-3,8,16H,4,15H2. The van der Waals surface area contributed by atoms with E-state index < -0.39 is 33.8 Å². The number of sulfonamides is 1. The van der Waals surface area contributed by atoms with E-state index >= 15 is 0 Å². The molecule has 0 bridgehead atoms. The molecule has 0 aliphatic heterocycles. The molecule has 0 heterocycles. The smallest absolute Gasteiger partial charge is 0.320 e. The summed E-state index contributed by atoms with van der Waals surface area (Å²) >= 11 is 5.59. The Morgan fingerprint density at radius 1 is 1.37 bits per heavy atom. The first-order valence-electron chi connectivity index (χ1n) is 4.77. The fourth-order valence-electron chi connectivity index (χ4n) is 1.15. The molecular weight excluding hydrogens is 312 g/mol. The first-order valence-corrected chi connectivity index (χ1v) is 6.63. The number of rotatable bonds is 5. The van der Waals surface area contributed by atoms with Gasteiger partial charge < -0.3 is 5.73 Å². The number of anilines is 1. The average molecular weight is 321 g/mol. The Balaban J connectivity index is 3.01. The Kier molecular flexibility index (Phi) is 4.64. The molecule has 0 unspecified atom stereocenters. The topological polar surface area (TPSA) is 72.2 Å². The number of alkyl halides is 4. The molecular formula is C9H9ClF4N2O2S. The molecule has 1 rings (SSSR count). The van der Waals surface area contributed by atoms with Crippen LogP contribution in [0.5, 0.6) is 0 Å². The van der Waals surface area contributed by atoms with Crippen LogP contribution in [0.2, 0.25) is 5.02 Å². The molecule has 0 saturated heterocycles. The zero-order valence-corrected chi connectivity index (χ0v) is 10.8. The molecule has 0 spiro atoms. The van der Waals surface area contributed by atoms with Gasteiger partial charge >= 0.3 is 12.3 Å². The zero-order chi connectivity index (χ0) is 14.8. The van der Waals surface area contributed by atoms with Crippen LogP contribution in [-0.2, 0) is 10.0 Å². The predicted molar refractivity (Wildman–Crippen MR) is 62.0 cm³/mol. The van der Waals surface area contributed by atoms with Crippen molar-refractivity contribution in [3.63, 3.8) is 0 Å². The second kappa shape index (κ2) is 5.51. The maximum atomic E-state index is 12.7. The Bertz CT molecular complexity index is 545. The molecule has 0 radical (unpaired) electrons. The second-order valence-corrected chi connectivity index (χ2v) is 5.66. The van der Waals surface area contributed by atoms with E-state index in [1.165, 1.54) is 22.9 Å². The highest BCUT2D eigenvalue weighted by molar-refractivity contribution is 7.89. The molecule has 1 aromatic carbocycles. The molecule has 108 valence electrons. The quantitative estimate of drug-likeness (QED) is 0.644. The lowest BCUT2D eigenvalue weighted by Crippen LogP contribution is -2.41. The van der Waals surface area contributed by atoms with E-state index in [-0.39, 0.29) is 10.7 Å². The fourth-order valence-corrected chi connectivity index (χ4v) is 2.87.